The van der Waals surface area contributed by atoms with Gasteiger partial charge in [0.15, 0.2) is 0 Å². The molecule has 1 aromatic heterocycles. The molecule has 0 aliphatic heterocycles. The van der Waals surface area contributed by atoms with Crippen LogP contribution in [-0.2, 0) is 6.42 Å². The van der Waals surface area contributed by atoms with Gasteiger partial charge in [-0.05, 0) is 6.42 Å². The third-order valence-corrected chi connectivity index (χ3v) is 2.30. The van der Waals surface area contributed by atoms with Gasteiger partial charge in [-0.1, -0.05) is 18.3 Å². The summed E-state index contributed by atoms with van der Waals surface area (Å²) in [6.07, 6.45) is 1.72. The molecule has 1 unspecified atom stereocenters. The Balaban J connectivity index is 2.57. The minimum Gasteiger partial charge on any atom is -0.327 e. The number of H-pyrrole nitrogens is 1. The van der Waals surface area contributed by atoms with Crippen LogP contribution in [-0.4, -0.2) is 11.0 Å². The van der Waals surface area contributed by atoms with Gasteiger partial charge in [-0.2, -0.15) is 0 Å². The molecule has 3 nitrogen and oxygen atoms in total. The summed E-state index contributed by atoms with van der Waals surface area (Å²) in [5.41, 5.74) is 6.65. The van der Waals surface area contributed by atoms with E-state index in [4.69, 9.17) is 5.73 Å². The third kappa shape index (κ3) is 2.48. The number of hydrogen-bond acceptors (Lipinski definition) is 3. The molecule has 4 heteroatoms. The summed E-state index contributed by atoms with van der Waals surface area (Å²) in [4.78, 5) is 13.4. The summed E-state index contributed by atoms with van der Waals surface area (Å²) >= 11 is 1.19. The first kappa shape index (κ1) is 8.49. The summed E-state index contributed by atoms with van der Waals surface area (Å²) in [7, 11) is 0. The molecule has 0 radical (unpaired) electrons. The lowest BCUT2D eigenvalue weighted by atomic mass is 10.1. The second kappa shape index (κ2) is 3.69. The first-order valence-corrected chi connectivity index (χ1v) is 4.52. The largest absolute Gasteiger partial charge is 0.327 e. The average molecular weight is 172 g/mol. The van der Waals surface area contributed by atoms with Gasteiger partial charge >= 0.3 is 4.87 Å². The summed E-state index contributed by atoms with van der Waals surface area (Å²) in [5.74, 6) is 0. The van der Waals surface area contributed by atoms with Crippen molar-refractivity contribution in [2.45, 2.75) is 25.8 Å². The molecule has 3 N–H and O–H groups in total. The lowest BCUT2D eigenvalue weighted by Gasteiger charge is -2.04. The molecule has 0 aliphatic carbocycles. The zero-order valence-electron chi connectivity index (χ0n) is 6.46. The van der Waals surface area contributed by atoms with Gasteiger partial charge in [-0.15, -0.1) is 0 Å². The van der Waals surface area contributed by atoms with E-state index in [2.05, 4.69) is 4.98 Å². The van der Waals surface area contributed by atoms with E-state index in [0.29, 0.717) is 0 Å². The van der Waals surface area contributed by atoms with Crippen LogP contribution in [0.25, 0.3) is 0 Å². The van der Waals surface area contributed by atoms with E-state index in [-0.39, 0.29) is 10.9 Å². The fourth-order valence-electron chi connectivity index (χ4n) is 0.841. The Hall–Kier alpha value is -0.610. The molecule has 1 rings (SSSR count). The van der Waals surface area contributed by atoms with Crippen LogP contribution in [0.4, 0.5) is 0 Å². The Morgan fingerprint density at radius 2 is 2.55 bits per heavy atom. The minimum atomic E-state index is 0.00306. The Labute approximate surface area is 69.3 Å². The van der Waals surface area contributed by atoms with Gasteiger partial charge in [-0.25, -0.2) is 0 Å². The maximum Gasteiger partial charge on any atom is 0.304 e. The standard InChI is InChI=1S/C7H12N2OS/c1-2-5(8)3-6-4-11-7(10)9-6/h4-5H,2-3,8H2,1H3,(H,9,10). The van der Waals surface area contributed by atoms with Gasteiger partial charge in [0.05, 0.1) is 0 Å². The molecule has 1 atom stereocenters. The monoisotopic (exact) mass is 172 g/mol. The first-order chi connectivity index (χ1) is 5.22. The number of nitrogens with one attached hydrogen (secondary N) is 1. The normalized spacial score (nSPS) is 13.3. The number of aromatic amines is 1. The molecule has 0 aromatic carbocycles. The molecule has 0 saturated heterocycles. The van der Waals surface area contributed by atoms with Crippen molar-refractivity contribution < 1.29 is 0 Å². The molecular weight excluding hydrogens is 160 g/mol. The first-order valence-electron chi connectivity index (χ1n) is 3.64. The van der Waals surface area contributed by atoms with Crippen LogP contribution in [0.2, 0.25) is 0 Å². The minimum absolute atomic E-state index is 0.00306. The van der Waals surface area contributed by atoms with Crippen molar-refractivity contribution in [1.82, 2.24) is 4.98 Å². The fraction of sp³-hybridized carbons (Fsp3) is 0.571. The van der Waals surface area contributed by atoms with Gasteiger partial charge in [0, 0.05) is 23.5 Å². The predicted octanol–water partition coefficient (Wildman–Crippen LogP) is 0.716. The van der Waals surface area contributed by atoms with E-state index in [1.165, 1.54) is 11.3 Å². The number of hydrogen-bond donors (Lipinski definition) is 2. The highest BCUT2D eigenvalue weighted by molar-refractivity contribution is 7.07. The van der Waals surface area contributed by atoms with Gasteiger partial charge in [-0.3, -0.25) is 4.79 Å². The smallest absolute Gasteiger partial charge is 0.304 e. The molecule has 0 fully saturated rings. The van der Waals surface area contributed by atoms with Gasteiger partial charge in [0.1, 0.15) is 0 Å². The predicted molar refractivity (Wildman–Crippen MR) is 46.9 cm³/mol. The molecule has 0 spiro atoms. The van der Waals surface area contributed by atoms with Gasteiger partial charge in [0.2, 0.25) is 0 Å². The molecule has 0 saturated carbocycles. The van der Waals surface area contributed by atoms with E-state index in [1.807, 2.05) is 12.3 Å². The highest BCUT2D eigenvalue weighted by Crippen LogP contribution is 2.00. The van der Waals surface area contributed by atoms with Crippen molar-refractivity contribution >= 4 is 11.3 Å². The van der Waals surface area contributed by atoms with Crippen LogP contribution >= 0.6 is 11.3 Å². The van der Waals surface area contributed by atoms with Crippen LogP contribution in [0.5, 0.6) is 0 Å². The van der Waals surface area contributed by atoms with E-state index >= 15 is 0 Å². The Morgan fingerprint density at radius 1 is 1.82 bits per heavy atom. The maximum atomic E-state index is 10.7. The Morgan fingerprint density at radius 3 is 3.00 bits per heavy atom. The van der Waals surface area contributed by atoms with Crippen LogP contribution in [0.3, 0.4) is 0 Å². The Bertz CT molecular complexity index is 265. The molecule has 1 aromatic rings. The fourth-order valence-corrected chi connectivity index (χ4v) is 1.44. The zero-order valence-corrected chi connectivity index (χ0v) is 7.28. The van der Waals surface area contributed by atoms with Crippen molar-refractivity contribution in [3.8, 4) is 0 Å². The van der Waals surface area contributed by atoms with Crippen molar-refractivity contribution in [2.24, 2.45) is 5.73 Å². The molecule has 1 heterocycles. The topological polar surface area (TPSA) is 58.9 Å². The number of nitrogens with two attached hydrogens (primary N) is 1. The van der Waals surface area contributed by atoms with Crippen LogP contribution in [0.1, 0.15) is 19.0 Å². The van der Waals surface area contributed by atoms with E-state index in [9.17, 15) is 4.79 Å². The average Bonchev–Trinajstić information content (AvgIpc) is 2.35. The number of thiazole rings is 1. The summed E-state index contributed by atoms with van der Waals surface area (Å²) < 4.78 is 0. The highest BCUT2D eigenvalue weighted by Gasteiger charge is 2.02. The van der Waals surface area contributed by atoms with Crippen LogP contribution < -0.4 is 10.6 Å². The zero-order chi connectivity index (χ0) is 8.27. The lowest BCUT2D eigenvalue weighted by Crippen LogP contribution is -2.21. The van der Waals surface area contributed by atoms with Crippen molar-refractivity contribution in [3.63, 3.8) is 0 Å². The molecular formula is C7H12N2OS. The number of rotatable bonds is 3. The van der Waals surface area contributed by atoms with Gasteiger partial charge in [0.25, 0.3) is 0 Å². The maximum absolute atomic E-state index is 10.7. The summed E-state index contributed by atoms with van der Waals surface area (Å²) in [6.45, 7) is 2.04. The molecule has 0 aliphatic rings. The lowest BCUT2D eigenvalue weighted by molar-refractivity contribution is 0.638. The van der Waals surface area contributed by atoms with Crippen molar-refractivity contribution in [3.05, 3.63) is 20.7 Å². The second-order valence-corrected chi connectivity index (χ2v) is 3.39. The molecule has 62 valence electrons. The quantitative estimate of drug-likeness (QED) is 0.705. The Kier molecular flexibility index (Phi) is 2.84. The van der Waals surface area contributed by atoms with Crippen molar-refractivity contribution in [1.29, 1.82) is 0 Å². The second-order valence-electron chi connectivity index (χ2n) is 2.55. The van der Waals surface area contributed by atoms with Crippen molar-refractivity contribution in [2.75, 3.05) is 0 Å². The number of aromatic nitrogens is 1. The van der Waals surface area contributed by atoms with Crippen LogP contribution in [0.15, 0.2) is 10.2 Å². The van der Waals surface area contributed by atoms with E-state index in [1.54, 1.807) is 0 Å². The molecule has 11 heavy (non-hydrogen) atoms. The van der Waals surface area contributed by atoms with Crippen LogP contribution in [0, 0.1) is 0 Å². The molecule has 0 bridgehead atoms. The summed E-state index contributed by atoms with van der Waals surface area (Å²) in [5, 5.41) is 1.83. The van der Waals surface area contributed by atoms with E-state index in [0.717, 1.165) is 18.5 Å². The van der Waals surface area contributed by atoms with E-state index < -0.39 is 0 Å². The van der Waals surface area contributed by atoms with Gasteiger partial charge < -0.3 is 10.7 Å². The SMILES string of the molecule is CCC(N)Cc1csc(=O)[nH]1. The third-order valence-electron chi connectivity index (χ3n) is 1.58. The highest BCUT2D eigenvalue weighted by atomic mass is 32.1. The molecule has 0 amide bonds. The summed E-state index contributed by atoms with van der Waals surface area (Å²) in [6, 6.07) is 0.167.